The molecule has 2 heterocycles. The fourth-order valence-corrected chi connectivity index (χ4v) is 3.19. The van der Waals surface area contributed by atoms with Crippen LogP contribution in [-0.2, 0) is 11.3 Å². The topological polar surface area (TPSA) is 34.6 Å². The van der Waals surface area contributed by atoms with E-state index in [4.69, 9.17) is 9.47 Å². The summed E-state index contributed by atoms with van der Waals surface area (Å²) >= 11 is 0. The van der Waals surface area contributed by atoms with Crippen molar-refractivity contribution in [2.24, 2.45) is 0 Å². The van der Waals surface area contributed by atoms with Crippen LogP contribution in [0, 0.1) is 0 Å². The summed E-state index contributed by atoms with van der Waals surface area (Å²) in [6, 6.07) is 20.4. The third-order valence-corrected chi connectivity index (χ3v) is 4.46. The minimum Gasteiger partial charge on any atom is -0.491 e. The van der Waals surface area contributed by atoms with Gasteiger partial charge in [0.15, 0.2) is 0 Å². The molecule has 4 nitrogen and oxygen atoms in total. The smallest absolute Gasteiger partial charge is 0.119 e. The van der Waals surface area contributed by atoms with E-state index < -0.39 is 0 Å². The lowest BCUT2D eigenvalue weighted by Crippen LogP contribution is -2.44. The minimum absolute atomic E-state index is 0.0994. The summed E-state index contributed by atoms with van der Waals surface area (Å²) in [5.74, 6) is 0.891. The Bertz CT molecular complexity index is 822. The zero-order chi connectivity index (χ0) is 16.9. The molecule has 1 atom stereocenters. The maximum atomic E-state index is 5.86. The van der Waals surface area contributed by atoms with Gasteiger partial charge in [0.05, 0.1) is 12.1 Å². The predicted molar refractivity (Wildman–Crippen MR) is 98.7 cm³/mol. The summed E-state index contributed by atoms with van der Waals surface area (Å²) in [5, 5.41) is 1.19. The Kier molecular flexibility index (Phi) is 4.91. The van der Waals surface area contributed by atoms with E-state index in [1.54, 1.807) is 0 Å². The van der Waals surface area contributed by atoms with E-state index >= 15 is 0 Å². The highest BCUT2D eigenvalue weighted by Crippen LogP contribution is 2.16. The highest BCUT2D eigenvalue weighted by atomic mass is 16.5. The second-order valence-corrected chi connectivity index (χ2v) is 6.39. The summed E-state index contributed by atoms with van der Waals surface area (Å²) < 4.78 is 11.7. The van der Waals surface area contributed by atoms with Crippen LogP contribution in [-0.4, -0.2) is 42.3 Å². The number of benzene rings is 2. The quantitative estimate of drug-likeness (QED) is 0.715. The highest BCUT2D eigenvalue weighted by Gasteiger charge is 2.21. The van der Waals surface area contributed by atoms with Crippen LogP contribution in [0.1, 0.15) is 5.56 Å². The molecule has 4 rings (SSSR count). The van der Waals surface area contributed by atoms with E-state index in [-0.39, 0.29) is 6.10 Å². The van der Waals surface area contributed by atoms with E-state index in [0.717, 1.165) is 37.5 Å². The van der Waals surface area contributed by atoms with Gasteiger partial charge in [-0.25, -0.2) is 0 Å². The Balaban J connectivity index is 1.35. The number of pyridine rings is 1. The Hall–Kier alpha value is -2.43. The van der Waals surface area contributed by atoms with Crippen molar-refractivity contribution in [1.29, 1.82) is 0 Å². The molecule has 1 saturated heterocycles. The zero-order valence-electron chi connectivity index (χ0n) is 14.2. The zero-order valence-corrected chi connectivity index (χ0v) is 14.2. The fraction of sp³-hybridized carbons (Fsp3) is 0.286. The minimum atomic E-state index is 0.0994. The average molecular weight is 334 g/mol. The van der Waals surface area contributed by atoms with Gasteiger partial charge in [0.1, 0.15) is 18.5 Å². The number of ether oxygens (including phenoxy) is 2. The maximum absolute atomic E-state index is 5.86. The Morgan fingerprint density at radius 3 is 2.84 bits per heavy atom. The molecule has 0 radical (unpaired) electrons. The standard InChI is InChI=1S/C21H22N2O2/c1-2-7-19(8-3-1)25-16-20-15-23(10-11-24-20)14-17-12-18-6-4-5-9-21(18)22-13-17/h1-9,12-13,20H,10-11,14-16H2. The van der Waals surface area contributed by atoms with E-state index in [9.17, 15) is 0 Å². The Labute approximate surface area is 148 Å². The molecule has 0 bridgehead atoms. The van der Waals surface area contributed by atoms with Crippen LogP contribution in [0.15, 0.2) is 66.9 Å². The third-order valence-electron chi connectivity index (χ3n) is 4.46. The van der Waals surface area contributed by atoms with Gasteiger partial charge in [-0.3, -0.25) is 9.88 Å². The molecular weight excluding hydrogens is 312 g/mol. The van der Waals surface area contributed by atoms with Crippen LogP contribution < -0.4 is 4.74 Å². The van der Waals surface area contributed by atoms with Crippen molar-refractivity contribution in [2.75, 3.05) is 26.3 Å². The third kappa shape index (κ3) is 4.16. The van der Waals surface area contributed by atoms with Crippen molar-refractivity contribution in [3.8, 4) is 5.75 Å². The molecule has 128 valence electrons. The second kappa shape index (κ2) is 7.64. The van der Waals surface area contributed by atoms with E-state index in [2.05, 4.69) is 28.1 Å². The van der Waals surface area contributed by atoms with Gasteiger partial charge in [0.25, 0.3) is 0 Å². The number of aromatic nitrogens is 1. The summed E-state index contributed by atoms with van der Waals surface area (Å²) in [5.41, 5.74) is 2.28. The number of hydrogen-bond donors (Lipinski definition) is 0. The number of fused-ring (bicyclic) bond motifs is 1. The van der Waals surface area contributed by atoms with Gasteiger partial charge in [0, 0.05) is 31.2 Å². The number of rotatable bonds is 5. The van der Waals surface area contributed by atoms with Crippen molar-refractivity contribution in [2.45, 2.75) is 12.6 Å². The Morgan fingerprint density at radius 2 is 1.92 bits per heavy atom. The van der Waals surface area contributed by atoms with Crippen LogP contribution in [0.3, 0.4) is 0 Å². The molecule has 3 aromatic rings. The molecule has 1 aliphatic heterocycles. The van der Waals surface area contributed by atoms with E-state index in [0.29, 0.717) is 6.61 Å². The molecule has 2 aromatic carbocycles. The monoisotopic (exact) mass is 334 g/mol. The van der Waals surface area contributed by atoms with Crippen molar-refractivity contribution >= 4 is 10.9 Å². The van der Waals surface area contributed by atoms with Crippen molar-refractivity contribution < 1.29 is 9.47 Å². The molecule has 0 aliphatic carbocycles. The molecule has 1 aromatic heterocycles. The maximum Gasteiger partial charge on any atom is 0.119 e. The molecule has 0 spiro atoms. The largest absolute Gasteiger partial charge is 0.491 e. The molecule has 1 aliphatic rings. The van der Waals surface area contributed by atoms with Gasteiger partial charge in [0.2, 0.25) is 0 Å². The van der Waals surface area contributed by atoms with Gasteiger partial charge in [-0.2, -0.15) is 0 Å². The van der Waals surface area contributed by atoms with Gasteiger partial charge < -0.3 is 9.47 Å². The van der Waals surface area contributed by atoms with Crippen LogP contribution in [0.25, 0.3) is 10.9 Å². The van der Waals surface area contributed by atoms with Crippen LogP contribution in [0.4, 0.5) is 0 Å². The van der Waals surface area contributed by atoms with Gasteiger partial charge in [-0.15, -0.1) is 0 Å². The van der Waals surface area contributed by atoms with Crippen LogP contribution in [0.5, 0.6) is 5.75 Å². The molecule has 0 saturated carbocycles. The molecule has 25 heavy (non-hydrogen) atoms. The van der Waals surface area contributed by atoms with E-state index in [1.165, 1.54) is 10.9 Å². The second-order valence-electron chi connectivity index (χ2n) is 6.39. The van der Waals surface area contributed by atoms with Crippen molar-refractivity contribution in [1.82, 2.24) is 9.88 Å². The number of morpholine rings is 1. The first-order valence-electron chi connectivity index (χ1n) is 8.72. The summed E-state index contributed by atoms with van der Waals surface area (Å²) in [6.45, 7) is 4.03. The van der Waals surface area contributed by atoms with Crippen LogP contribution in [0.2, 0.25) is 0 Å². The first-order valence-corrected chi connectivity index (χ1v) is 8.72. The summed E-state index contributed by atoms with van der Waals surface area (Å²) in [7, 11) is 0. The number of nitrogens with zero attached hydrogens (tertiary/aromatic N) is 2. The van der Waals surface area contributed by atoms with Gasteiger partial charge >= 0.3 is 0 Å². The number of para-hydroxylation sites is 2. The summed E-state index contributed by atoms with van der Waals surface area (Å²) in [4.78, 5) is 6.97. The lowest BCUT2D eigenvalue weighted by Gasteiger charge is -2.32. The molecule has 1 fully saturated rings. The first-order chi connectivity index (χ1) is 12.4. The number of hydrogen-bond acceptors (Lipinski definition) is 4. The molecular formula is C21H22N2O2. The molecule has 0 amide bonds. The molecule has 4 heteroatoms. The molecule has 1 unspecified atom stereocenters. The SMILES string of the molecule is c1ccc(OCC2CN(Cc3cnc4ccccc4c3)CCO2)cc1. The van der Waals surface area contributed by atoms with Gasteiger partial charge in [-0.1, -0.05) is 36.4 Å². The predicted octanol–water partition coefficient (Wildman–Crippen LogP) is 3.51. The normalized spacial score (nSPS) is 18.3. The van der Waals surface area contributed by atoms with E-state index in [1.807, 2.05) is 48.7 Å². The lowest BCUT2D eigenvalue weighted by molar-refractivity contribution is -0.0504. The average Bonchev–Trinajstić information content (AvgIpc) is 2.67. The Morgan fingerprint density at radius 1 is 1.08 bits per heavy atom. The first kappa shape index (κ1) is 16.1. The summed E-state index contributed by atoms with van der Waals surface area (Å²) in [6.07, 6.45) is 2.08. The molecule has 0 N–H and O–H groups in total. The van der Waals surface area contributed by atoms with Crippen LogP contribution >= 0.6 is 0 Å². The lowest BCUT2D eigenvalue weighted by atomic mass is 10.1. The van der Waals surface area contributed by atoms with Crippen molar-refractivity contribution in [3.63, 3.8) is 0 Å². The fourth-order valence-electron chi connectivity index (χ4n) is 3.19. The van der Waals surface area contributed by atoms with Gasteiger partial charge in [-0.05, 0) is 29.8 Å². The van der Waals surface area contributed by atoms with Crippen molar-refractivity contribution in [3.05, 3.63) is 72.4 Å². The highest BCUT2D eigenvalue weighted by molar-refractivity contribution is 5.78.